The maximum Gasteiger partial charge on any atom is 0.388 e. The van der Waals surface area contributed by atoms with Gasteiger partial charge < -0.3 is 14.8 Å². The molecule has 0 spiro atoms. The van der Waals surface area contributed by atoms with Crippen LogP contribution in [0.4, 0.5) is 22.0 Å². The molecule has 0 saturated heterocycles. The lowest BCUT2D eigenvalue weighted by molar-refractivity contribution is -0.0526. The van der Waals surface area contributed by atoms with Crippen LogP contribution in [0.2, 0.25) is 0 Å². The lowest BCUT2D eigenvalue weighted by atomic mass is 10.1. The average Bonchev–Trinajstić information content (AvgIpc) is 3.06. The molecular weight excluding hydrogens is 587 g/mol. The Labute approximate surface area is 235 Å². The fraction of sp³-hybridized carbons (Fsp3) is 0.259. The number of halogens is 5. The smallest absolute Gasteiger partial charge is 0.388 e. The molecule has 3 aromatic heterocycles. The van der Waals surface area contributed by atoms with E-state index in [4.69, 9.17) is 4.74 Å². The molecule has 4 heterocycles. The van der Waals surface area contributed by atoms with Crippen LogP contribution in [0.25, 0.3) is 22.2 Å². The molecule has 0 saturated carbocycles. The molecule has 42 heavy (non-hydrogen) atoms. The van der Waals surface area contributed by atoms with E-state index in [1.165, 1.54) is 37.4 Å². The summed E-state index contributed by atoms with van der Waals surface area (Å²) in [4.78, 5) is 24.5. The Morgan fingerprint density at radius 3 is 2.67 bits per heavy atom. The first-order valence-electron chi connectivity index (χ1n) is 12.4. The minimum atomic E-state index is -4.58. The second kappa shape index (κ2) is 11.5. The van der Waals surface area contributed by atoms with Crippen LogP contribution in [0.1, 0.15) is 41.3 Å². The summed E-state index contributed by atoms with van der Waals surface area (Å²) in [7, 11) is -4.58. The molecule has 220 valence electrons. The van der Waals surface area contributed by atoms with Crippen LogP contribution < -0.4 is 14.8 Å². The van der Waals surface area contributed by atoms with Crippen molar-refractivity contribution in [2.75, 3.05) is 6.61 Å². The SMILES string of the molecule is C[C@H](F)c1ccc(-c2ccc3cnc(CNC(=O)c4cc(F)c5c(c4)S(=O)(=O)[C@@H](F)CCO5)cc3n2)c(OC(F)F)n1. The number of amides is 1. The average molecular weight is 609 g/mol. The Kier molecular flexibility index (Phi) is 7.95. The van der Waals surface area contributed by atoms with Crippen LogP contribution in [0.5, 0.6) is 11.6 Å². The van der Waals surface area contributed by atoms with E-state index < -0.39 is 62.8 Å². The number of carbonyl (C=O) groups excluding carboxylic acids is 1. The van der Waals surface area contributed by atoms with E-state index in [2.05, 4.69) is 25.0 Å². The number of rotatable bonds is 7. The molecule has 2 atom stereocenters. The van der Waals surface area contributed by atoms with Crippen molar-refractivity contribution in [3.63, 3.8) is 0 Å². The van der Waals surface area contributed by atoms with Gasteiger partial charge in [-0.15, -0.1) is 0 Å². The molecule has 0 bridgehead atoms. The topological polar surface area (TPSA) is 120 Å². The molecular formula is C27H21F5N4O5S. The lowest BCUT2D eigenvalue weighted by Crippen LogP contribution is -2.24. The van der Waals surface area contributed by atoms with Gasteiger partial charge in [0.2, 0.25) is 21.2 Å². The molecule has 9 nitrogen and oxygen atoms in total. The monoisotopic (exact) mass is 608 g/mol. The van der Waals surface area contributed by atoms with Gasteiger partial charge in [0.25, 0.3) is 5.91 Å². The summed E-state index contributed by atoms with van der Waals surface area (Å²) in [5, 5.41) is 3.05. The van der Waals surface area contributed by atoms with Crippen molar-refractivity contribution in [1.29, 1.82) is 0 Å². The molecule has 4 aromatic rings. The van der Waals surface area contributed by atoms with Crippen LogP contribution in [-0.2, 0) is 16.4 Å². The number of hydrogen-bond donors (Lipinski definition) is 1. The highest BCUT2D eigenvalue weighted by Crippen LogP contribution is 2.35. The van der Waals surface area contributed by atoms with Crippen molar-refractivity contribution in [1.82, 2.24) is 20.3 Å². The Hall–Kier alpha value is -4.40. The summed E-state index contributed by atoms with van der Waals surface area (Å²) in [5.74, 6) is -3.14. The normalized spacial score (nSPS) is 16.8. The number of hydrogen-bond acceptors (Lipinski definition) is 8. The third kappa shape index (κ3) is 5.82. The van der Waals surface area contributed by atoms with Gasteiger partial charge in [-0.05, 0) is 49.4 Å². The first kappa shape index (κ1) is 29.1. The van der Waals surface area contributed by atoms with Gasteiger partial charge in [0.15, 0.2) is 11.6 Å². The first-order chi connectivity index (χ1) is 19.9. The first-order valence-corrected chi connectivity index (χ1v) is 14.0. The number of ether oxygens (including phenoxy) is 2. The third-order valence-electron chi connectivity index (χ3n) is 6.33. The standard InChI is InChI=1S/C27H21F5N4O5S/c1-13(28)19-5-3-17(26(36-19)41-27(31)32)20-4-2-14-11-33-16(10-21(14)35-20)12-34-25(37)15-8-18(29)24-22(9-15)42(38,39)23(30)6-7-40-24/h2-5,8-11,13,23,27H,6-7,12H2,1H3,(H,34,37)/t13-,23+/m0/s1. The van der Waals surface area contributed by atoms with E-state index in [0.29, 0.717) is 16.6 Å². The molecule has 15 heteroatoms. The summed E-state index contributed by atoms with van der Waals surface area (Å²) in [6.07, 6.45) is -0.558. The third-order valence-corrected chi connectivity index (χ3v) is 8.16. The highest BCUT2D eigenvalue weighted by atomic mass is 32.2. The van der Waals surface area contributed by atoms with E-state index in [1.54, 1.807) is 6.07 Å². The van der Waals surface area contributed by atoms with Gasteiger partial charge in [-0.1, -0.05) is 0 Å². The van der Waals surface area contributed by atoms with Crippen molar-refractivity contribution in [2.45, 2.75) is 43.1 Å². The number of pyridine rings is 3. The van der Waals surface area contributed by atoms with Crippen molar-refractivity contribution in [3.05, 3.63) is 71.4 Å². The van der Waals surface area contributed by atoms with Gasteiger partial charge >= 0.3 is 6.61 Å². The maximum atomic E-state index is 14.6. The Morgan fingerprint density at radius 1 is 1.14 bits per heavy atom. The number of fused-ring (bicyclic) bond motifs is 2. The molecule has 1 aliphatic heterocycles. The number of carbonyl (C=O) groups is 1. The number of nitrogens with one attached hydrogen (secondary N) is 1. The fourth-order valence-electron chi connectivity index (χ4n) is 4.22. The van der Waals surface area contributed by atoms with Crippen molar-refractivity contribution in [2.24, 2.45) is 0 Å². The minimum Gasteiger partial charge on any atom is -0.489 e. The van der Waals surface area contributed by atoms with Crippen LogP contribution in [0.3, 0.4) is 0 Å². The van der Waals surface area contributed by atoms with Crippen molar-refractivity contribution >= 4 is 26.6 Å². The fourth-order valence-corrected chi connectivity index (χ4v) is 5.61. The highest BCUT2D eigenvalue weighted by molar-refractivity contribution is 7.92. The van der Waals surface area contributed by atoms with Gasteiger partial charge in [0, 0.05) is 23.6 Å². The summed E-state index contributed by atoms with van der Waals surface area (Å²) in [6, 6.07) is 8.96. The molecule has 0 fully saturated rings. The Balaban J connectivity index is 1.40. The van der Waals surface area contributed by atoms with Crippen LogP contribution in [0, 0.1) is 5.82 Å². The van der Waals surface area contributed by atoms with Crippen LogP contribution >= 0.6 is 0 Å². The van der Waals surface area contributed by atoms with Gasteiger partial charge in [-0.3, -0.25) is 9.78 Å². The van der Waals surface area contributed by atoms with E-state index >= 15 is 0 Å². The molecule has 1 amide bonds. The number of alkyl halides is 4. The van der Waals surface area contributed by atoms with Crippen molar-refractivity contribution in [3.8, 4) is 22.9 Å². The van der Waals surface area contributed by atoms with Gasteiger partial charge in [0.05, 0.1) is 41.3 Å². The van der Waals surface area contributed by atoms with Gasteiger partial charge in [-0.25, -0.2) is 31.6 Å². The van der Waals surface area contributed by atoms with E-state index in [1.807, 2.05) is 0 Å². The maximum absolute atomic E-state index is 14.6. The number of aromatic nitrogens is 3. The van der Waals surface area contributed by atoms with Crippen LogP contribution in [0.15, 0.2) is 53.6 Å². The lowest BCUT2D eigenvalue weighted by Gasteiger charge is -2.13. The zero-order chi connectivity index (χ0) is 30.2. The summed E-state index contributed by atoms with van der Waals surface area (Å²) in [5.41, 5.74) is -1.85. The minimum absolute atomic E-state index is 0.0907. The number of benzene rings is 1. The van der Waals surface area contributed by atoms with E-state index in [9.17, 15) is 35.2 Å². The molecule has 1 N–H and O–H groups in total. The zero-order valence-corrected chi connectivity index (χ0v) is 22.5. The number of nitrogens with zero attached hydrogens (tertiary/aromatic N) is 3. The quantitative estimate of drug-likeness (QED) is 0.283. The predicted octanol–water partition coefficient (Wildman–Crippen LogP) is 5.24. The van der Waals surface area contributed by atoms with Crippen LogP contribution in [-0.4, -0.2) is 48.0 Å². The molecule has 5 rings (SSSR count). The highest BCUT2D eigenvalue weighted by Gasteiger charge is 2.35. The largest absolute Gasteiger partial charge is 0.489 e. The molecule has 0 aliphatic carbocycles. The summed E-state index contributed by atoms with van der Waals surface area (Å²) >= 11 is 0. The summed E-state index contributed by atoms with van der Waals surface area (Å²) < 4.78 is 103. The second-order valence-electron chi connectivity index (χ2n) is 9.21. The summed E-state index contributed by atoms with van der Waals surface area (Å²) in [6.45, 7) is -2.55. The second-order valence-corrected chi connectivity index (χ2v) is 11.2. The Bertz CT molecular complexity index is 1790. The van der Waals surface area contributed by atoms with Gasteiger partial charge in [-0.2, -0.15) is 8.78 Å². The zero-order valence-electron chi connectivity index (χ0n) is 21.7. The number of sulfone groups is 1. The predicted molar refractivity (Wildman–Crippen MR) is 139 cm³/mol. The molecule has 0 unspecified atom stereocenters. The molecule has 1 aliphatic rings. The molecule has 0 radical (unpaired) electrons. The van der Waals surface area contributed by atoms with Crippen molar-refractivity contribution < 1.29 is 44.6 Å². The molecule has 1 aromatic carbocycles. The Morgan fingerprint density at radius 2 is 1.93 bits per heavy atom. The van der Waals surface area contributed by atoms with Gasteiger partial charge in [0.1, 0.15) is 11.1 Å². The van der Waals surface area contributed by atoms with E-state index in [0.717, 1.165) is 12.1 Å². The van der Waals surface area contributed by atoms with E-state index in [-0.39, 0.29) is 35.7 Å².